The van der Waals surface area contributed by atoms with Crippen LogP contribution < -0.4 is 0 Å². The maximum atomic E-state index is 10.5. The quantitative estimate of drug-likeness (QED) is 0.641. The second-order valence-electron chi connectivity index (χ2n) is 4.46. The van der Waals surface area contributed by atoms with Crippen molar-refractivity contribution in [3.63, 3.8) is 0 Å². The first-order valence-corrected chi connectivity index (χ1v) is 6.23. The summed E-state index contributed by atoms with van der Waals surface area (Å²) in [5.74, 6) is 2.92. The van der Waals surface area contributed by atoms with E-state index >= 15 is 0 Å². The molecule has 18 heavy (non-hydrogen) atoms. The molecule has 1 saturated heterocycles. The smallest absolute Gasteiger partial charge is 0.267 e. The Morgan fingerprint density at radius 2 is 1.83 bits per heavy atom. The number of benzene rings is 1. The van der Waals surface area contributed by atoms with Gasteiger partial charge in [-0.1, -0.05) is 49.7 Å². The first-order chi connectivity index (χ1) is 8.83. The summed E-state index contributed by atoms with van der Waals surface area (Å²) in [4.78, 5) is 10.5. The van der Waals surface area contributed by atoms with Crippen molar-refractivity contribution < 1.29 is 9.90 Å². The van der Waals surface area contributed by atoms with Crippen LogP contribution in [-0.4, -0.2) is 25.2 Å². The molecule has 1 aliphatic heterocycles. The van der Waals surface area contributed by atoms with E-state index in [9.17, 15) is 4.79 Å². The summed E-state index contributed by atoms with van der Waals surface area (Å²) >= 11 is 0. The van der Waals surface area contributed by atoms with E-state index in [0.717, 1.165) is 44.4 Å². The Kier molecular flexibility index (Phi) is 6.17. The van der Waals surface area contributed by atoms with Gasteiger partial charge in [0.15, 0.2) is 0 Å². The minimum Gasteiger partial charge on any atom is -0.400 e. The Balaban J connectivity index is 0.000000771. The van der Waals surface area contributed by atoms with Crippen molar-refractivity contribution in [2.45, 2.75) is 31.4 Å². The summed E-state index contributed by atoms with van der Waals surface area (Å²) in [5, 5.41) is 15.8. The van der Waals surface area contributed by atoms with Gasteiger partial charge in [-0.2, -0.15) is 0 Å². The van der Waals surface area contributed by atoms with Crippen LogP contribution in [0.5, 0.6) is 0 Å². The Labute approximate surface area is 109 Å². The second kappa shape index (κ2) is 7.68. The number of aliphatic hydroxyl groups is 1. The molecule has 1 fully saturated rings. The number of carbonyl (C=O) groups is 1. The molecule has 94 valence electrons. The third-order valence-corrected chi connectivity index (χ3v) is 3.45. The van der Waals surface area contributed by atoms with Crippen molar-refractivity contribution in [1.29, 1.82) is 5.26 Å². The maximum Gasteiger partial charge on any atom is 0.267 e. The summed E-state index contributed by atoms with van der Waals surface area (Å²) < 4.78 is 0. The SMILES string of the molecule is CO.N#CB1CCC(c2ccc(C=O)cc2)CC1. The second-order valence-corrected chi connectivity index (χ2v) is 4.46. The van der Waals surface area contributed by atoms with Crippen LogP contribution in [0.25, 0.3) is 0 Å². The maximum absolute atomic E-state index is 10.5. The lowest BCUT2D eigenvalue weighted by Gasteiger charge is -2.23. The molecular formula is C14H18BNO2. The Bertz CT molecular complexity index is 403. The molecule has 0 saturated carbocycles. The molecule has 3 nitrogen and oxygen atoms in total. The normalized spacial score (nSPS) is 15.3. The summed E-state index contributed by atoms with van der Waals surface area (Å²) in [5.41, 5.74) is 2.04. The predicted molar refractivity (Wildman–Crippen MR) is 72.9 cm³/mol. The zero-order valence-corrected chi connectivity index (χ0v) is 10.7. The van der Waals surface area contributed by atoms with Crippen LogP contribution in [0, 0.1) is 11.2 Å². The van der Waals surface area contributed by atoms with E-state index < -0.39 is 0 Å². The topological polar surface area (TPSA) is 61.1 Å². The zero-order chi connectivity index (χ0) is 13.4. The average molecular weight is 243 g/mol. The van der Waals surface area contributed by atoms with Crippen LogP contribution in [0.1, 0.15) is 34.7 Å². The fraction of sp³-hybridized carbons (Fsp3) is 0.429. The number of aldehydes is 1. The van der Waals surface area contributed by atoms with Crippen LogP contribution >= 0.6 is 0 Å². The molecule has 4 heteroatoms. The van der Waals surface area contributed by atoms with E-state index in [1.54, 1.807) is 0 Å². The minimum absolute atomic E-state index is 0.255. The highest BCUT2D eigenvalue weighted by molar-refractivity contribution is 6.67. The molecule has 1 aromatic carbocycles. The summed E-state index contributed by atoms with van der Waals surface area (Å²) in [6.45, 7) is 0.255. The molecule has 0 aliphatic carbocycles. The molecule has 2 rings (SSSR count). The van der Waals surface area contributed by atoms with Gasteiger partial charge in [-0.15, -0.1) is 0 Å². The van der Waals surface area contributed by atoms with Crippen molar-refractivity contribution in [2.24, 2.45) is 0 Å². The van der Waals surface area contributed by atoms with Crippen molar-refractivity contribution in [2.75, 3.05) is 7.11 Å². The van der Waals surface area contributed by atoms with Crippen LogP contribution in [0.3, 0.4) is 0 Å². The summed E-state index contributed by atoms with van der Waals surface area (Å²) in [6, 6.07) is 7.83. The largest absolute Gasteiger partial charge is 0.400 e. The van der Waals surface area contributed by atoms with Gasteiger partial charge in [0.05, 0.1) is 0 Å². The van der Waals surface area contributed by atoms with Crippen LogP contribution in [0.2, 0.25) is 12.6 Å². The molecule has 0 atom stereocenters. The number of rotatable bonds is 2. The number of aliphatic hydroxyl groups excluding tert-OH is 1. The highest BCUT2D eigenvalue weighted by Gasteiger charge is 2.24. The van der Waals surface area contributed by atoms with Crippen LogP contribution in [-0.2, 0) is 0 Å². The molecule has 1 aromatic rings. The first kappa shape index (κ1) is 14.5. The van der Waals surface area contributed by atoms with Gasteiger partial charge in [0.1, 0.15) is 6.29 Å². The lowest BCUT2D eigenvalue weighted by Crippen LogP contribution is -2.18. The lowest BCUT2D eigenvalue weighted by molar-refractivity contribution is 0.112. The molecule has 0 spiro atoms. The number of hydrogen-bond donors (Lipinski definition) is 1. The Morgan fingerprint density at radius 1 is 1.28 bits per heavy atom. The lowest BCUT2D eigenvalue weighted by atomic mass is 9.41. The fourth-order valence-corrected chi connectivity index (χ4v) is 2.40. The minimum atomic E-state index is 0.255. The molecule has 0 unspecified atom stereocenters. The van der Waals surface area contributed by atoms with E-state index in [1.807, 2.05) is 24.3 Å². The fourth-order valence-electron chi connectivity index (χ4n) is 2.40. The predicted octanol–water partition coefficient (Wildman–Crippen LogP) is 2.54. The Morgan fingerprint density at radius 3 is 2.28 bits per heavy atom. The van der Waals surface area contributed by atoms with Crippen molar-refractivity contribution in [1.82, 2.24) is 0 Å². The van der Waals surface area contributed by atoms with E-state index in [0.29, 0.717) is 5.92 Å². The van der Waals surface area contributed by atoms with Crippen LogP contribution in [0.15, 0.2) is 24.3 Å². The van der Waals surface area contributed by atoms with Crippen molar-refractivity contribution in [3.05, 3.63) is 35.4 Å². The summed E-state index contributed by atoms with van der Waals surface area (Å²) in [6.07, 6.45) is 5.08. The molecule has 1 aliphatic rings. The molecule has 0 amide bonds. The average Bonchev–Trinajstić information content (AvgIpc) is 2.49. The molecule has 0 aromatic heterocycles. The van der Waals surface area contributed by atoms with Gasteiger partial charge in [-0.3, -0.25) is 4.79 Å². The highest BCUT2D eigenvalue weighted by atomic mass is 16.2. The van der Waals surface area contributed by atoms with Gasteiger partial charge in [0.2, 0.25) is 0 Å². The van der Waals surface area contributed by atoms with Crippen molar-refractivity contribution in [3.8, 4) is 5.97 Å². The number of hydrogen-bond acceptors (Lipinski definition) is 3. The van der Waals surface area contributed by atoms with Gasteiger partial charge in [-0.25, -0.2) is 5.26 Å². The van der Waals surface area contributed by atoms with E-state index in [-0.39, 0.29) is 6.71 Å². The molecule has 0 bridgehead atoms. The monoisotopic (exact) mass is 243 g/mol. The van der Waals surface area contributed by atoms with E-state index in [4.69, 9.17) is 10.4 Å². The van der Waals surface area contributed by atoms with Gasteiger partial charge in [0.25, 0.3) is 6.71 Å². The molecular weight excluding hydrogens is 225 g/mol. The van der Waals surface area contributed by atoms with Gasteiger partial charge in [-0.05, 0) is 11.5 Å². The van der Waals surface area contributed by atoms with Crippen molar-refractivity contribution >= 4 is 13.0 Å². The summed E-state index contributed by atoms with van der Waals surface area (Å²) in [7, 11) is 1.00. The number of nitrogens with zero attached hydrogens (tertiary/aromatic N) is 1. The standard InChI is InChI=1S/C13H14BNO.CH4O/c15-10-14-7-5-13(6-8-14)12-3-1-11(9-16)2-4-12;1-2/h1-4,9,13H,5-8H2;2H,1H3. The molecule has 0 radical (unpaired) electrons. The third-order valence-electron chi connectivity index (χ3n) is 3.45. The highest BCUT2D eigenvalue weighted by Crippen LogP contribution is 2.33. The number of carbonyl (C=O) groups excluding carboxylic acids is 1. The first-order valence-electron chi connectivity index (χ1n) is 6.23. The third kappa shape index (κ3) is 3.71. The van der Waals surface area contributed by atoms with Gasteiger partial charge >= 0.3 is 0 Å². The van der Waals surface area contributed by atoms with E-state index in [2.05, 4.69) is 5.97 Å². The van der Waals surface area contributed by atoms with Gasteiger partial charge in [0, 0.05) is 18.6 Å². The van der Waals surface area contributed by atoms with E-state index in [1.165, 1.54) is 5.56 Å². The molecule has 1 N–H and O–H groups in total. The zero-order valence-electron chi connectivity index (χ0n) is 10.7. The number of nitriles is 1. The Hall–Kier alpha value is -1.60. The molecule has 1 heterocycles. The van der Waals surface area contributed by atoms with Gasteiger partial charge < -0.3 is 5.11 Å². The van der Waals surface area contributed by atoms with Crippen LogP contribution in [0.4, 0.5) is 0 Å².